The molecule has 2 N–H and O–H groups in total. The van der Waals surface area contributed by atoms with Gasteiger partial charge >= 0.3 is 0 Å². The van der Waals surface area contributed by atoms with Crippen molar-refractivity contribution in [1.82, 2.24) is 0 Å². The van der Waals surface area contributed by atoms with Gasteiger partial charge in [0.25, 0.3) is 0 Å². The molecule has 0 amide bonds. The van der Waals surface area contributed by atoms with Crippen molar-refractivity contribution >= 4 is 40.3 Å². The van der Waals surface area contributed by atoms with Gasteiger partial charge < -0.3 is 10.6 Å². The highest BCUT2D eigenvalue weighted by molar-refractivity contribution is 7.80. The highest BCUT2D eigenvalue weighted by Gasteiger charge is 2.00. The molecule has 4 heteroatoms. The van der Waals surface area contributed by atoms with Gasteiger partial charge in [-0.05, 0) is 73.6 Å². The van der Waals surface area contributed by atoms with Crippen molar-refractivity contribution in [3.05, 3.63) is 58.6 Å². The summed E-state index contributed by atoms with van der Waals surface area (Å²) in [5.41, 5.74) is 4.31. The van der Waals surface area contributed by atoms with Crippen molar-refractivity contribution in [2.24, 2.45) is 0 Å². The van der Waals surface area contributed by atoms with E-state index >= 15 is 0 Å². The summed E-state index contributed by atoms with van der Waals surface area (Å²) in [5.74, 6) is 0. The Morgan fingerprint density at radius 1 is 0.895 bits per heavy atom. The SMILES string of the molecule is Cc1cc(C)cc(NC(=S)Nc2ccc(Cl)cc2)c1. The summed E-state index contributed by atoms with van der Waals surface area (Å²) in [6.07, 6.45) is 0. The molecule has 2 aromatic carbocycles. The maximum absolute atomic E-state index is 5.84. The predicted octanol–water partition coefficient (Wildman–Crippen LogP) is 4.77. The topological polar surface area (TPSA) is 24.1 Å². The number of nitrogens with one attached hydrogen (secondary N) is 2. The number of hydrogen-bond acceptors (Lipinski definition) is 1. The van der Waals surface area contributed by atoms with Crippen LogP contribution in [-0.2, 0) is 0 Å². The first-order valence-corrected chi connectivity index (χ1v) is 6.73. The molecule has 0 fully saturated rings. The molecule has 0 bridgehead atoms. The first-order valence-electron chi connectivity index (χ1n) is 5.95. The standard InChI is InChI=1S/C15H15ClN2S/c1-10-7-11(2)9-14(8-10)18-15(19)17-13-5-3-12(16)4-6-13/h3-9H,1-2H3,(H2,17,18,19). The average Bonchev–Trinajstić information content (AvgIpc) is 2.30. The van der Waals surface area contributed by atoms with Crippen LogP contribution in [0.3, 0.4) is 0 Å². The molecule has 0 aromatic heterocycles. The number of thiocarbonyl (C=S) groups is 1. The minimum Gasteiger partial charge on any atom is -0.332 e. The van der Waals surface area contributed by atoms with Gasteiger partial charge in [0.1, 0.15) is 0 Å². The Balaban J connectivity index is 2.03. The minimum atomic E-state index is 0.562. The van der Waals surface area contributed by atoms with E-state index in [0.29, 0.717) is 10.1 Å². The molecule has 0 saturated carbocycles. The molecule has 0 atom stereocenters. The fourth-order valence-corrected chi connectivity index (χ4v) is 2.24. The van der Waals surface area contributed by atoms with Crippen molar-refractivity contribution in [2.45, 2.75) is 13.8 Å². The third-order valence-electron chi connectivity index (χ3n) is 2.58. The number of hydrogen-bond donors (Lipinski definition) is 2. The Morgan fingerprint density at radius 3 is 2.00 bits per heavy atom. The summed E-state index contributed by atoms with van der Waals surface area (Å²) >= 11 is 11.1. The van der Waals surface area contributed by atoms with Crippen LogP contribution in [-0.4, -0.2) is 5.11 Å². The van der Waals surface area contributed by atoms with E-state index in [1.807, 2.05) is 24.3 Å². The first-order chi connectivity index (χ1) is 9.02. The highest BCUT2D eigenvalue weighted by atomic mass is 35.5. The average molecular weight is 291 g/mol. The van der Waals surface area contributed by atoms with Gasteiger partial charge in [0.2, 0.25) is 0 Å². The van der Waals surface area contributed by atoms with E-state index in [-0.39, 0.29) is 0 Å². The molecule has 2 nitrogen and oxygen atoms in total. The van der Waals surface area contributed by atoms with E-state index in [0.717, 1.165) is 11.4 Å². The smallest absolute Gasteiger partial charge is 0.175 e. The van der Waals surface area contributed by atoms with E-state index in [2.05, 4.69) is 42.7 Å². The molecule has 98 valence electrons. The fraction of sp³-hybridized carbons (Fsp3) is 0.133. The van der Waals surface area contributed by atoms with Crippen LogP contribution in [0.15, 0.2) is 42.5 Å². The lowest BCUT2D eigenvalue weighted by atomic mass is 10.1. The Labute approximate surface area is 123 Å². The Hall–Kier alpha value is -1.58. The predicted molar refractivity (Wildman–Crippen MR) is 87.2 cm³/mol. The molecule has 0 aliphatic rings. The Morgan fingerprint density at radius 2 is 1.42 bits per heavy atom. The fourth-order valence-electron chi connectivity index (χ4n) is 1.87. The maximum atomic E-state index is 5.84. The van der Waals surface area contributed by atoms with E-state index in [9.17, 15) is 0 Å². The molecule has 0 heterocycles. The van der Waals surface area contributed by atoms with E-state index < -0.39 is 0 Å². The van der Waals surface area contributed by atoms with Gasteiger partial charge in [0.15, 0.2) is 5.11 Å². The summed E-state index contributed by atoms with van der Waals surface area (Å²) in [7, 11) is 0. The largest absolute Gasteiger partial charge is 0.332 e. The van der Waals surface area contributed by atoms with Crippen molar-refractivity contribution in [3.63, 3.8) is 0 Å². The number of anilines is 2. The van der Waals surface area contributed by atoms with Gasteiger partial charge in [-0.3, -0.25) is 0 Å². The second-order valence-electron chi connectivity index (χ2n) is 4.46. The van der Waals surface area contributed by atoms with Gasteiger partial charge in [0.05, 0.1) is 0 Å². The molecule has 0 aliphatic heterocycles. The zero-order chi connectivity index (χ0) is 13.8. The highest BCUT2D eigenvalue weighted by Crippen LogP contribution is 2.16. The summed E-state index contributed by atoms with van der Waals surface area (Å²) in [4.78, 5) is 0. The zero-order valence-electron chi connectivity index (χ0n) is 10.8. The zero-order valence-corrected chi connectivity index (χ0v) is 12.4. The van der Waals surface area contributed by atoms with E-state index in [1.54, 1.807) is 0 Å². The van der Waals surface area contributed by atoms with E-state index in [4.69, 9.17) is 23.8 Å². The number of rotatable bonds is 2. The molecule has 0 saturated heterocycles. The summed E-state index contributed by atoms with van der Waals surface area (Å²) < 4.78 is 0. The van der Waals surface area contributed by atoms with Crippen LogP contribution in [0, 0.1) is 13.8 Å². The van der Waals surface area contributed by atoms with Crippen molar-refractivity contribution < 1.29 is 0 Å². The number of benzene rings is 2. The normalized spacial score (nSPS) is 10.1. The van der Waals surface area contributed by atoms with Crippen molar-refractivity contribution in [2.75, 3.05) is 10.6 Å². The molecule has 0 spiro atoms. The molecule has 2 aromatic rings. The van der Waals surface area contributed by atoms with Crippen LogP contribution < -0.4 is 10.6 Å². The van der Waals surface area contributed by atoms with Crippen LogP contribution in [0.4, 0.5) is 11.4 Å². The minimum absolute atomic E-state index is 0.562. The van der Waals surface area contributed by atoms with Crippen LogP contribution in [0.2, 0.25) is 5.02 Å². The van der Waals surface area contributed by atoms with Gasteiger partial charge in [-0.2, -0.15) is 0 Å². The molecule has 0 radical (unpaired) electrons. The summed E-state index contributed by atoms with van der Waals surface area (Å²) in [5, 5.41) is 7.56. The number of aryl methyl sites for hydroxylation is 2. The van der Waals surface area contributed by atoms with Gasteiger partial charge in [-0.1, -0.05) is 17.7 Å². The van der Waals surface area contributed by atoms with Gasteiger partial charge in [0, 0.05) is 16.4 Å². The number of halogens is 1. The Kier molecular flexibility index (Phi) is 4.40. The Bertz CT molecular complexity index is 573. The van der Waals surface area contributed by atoms with Crippen LogP contribution >= 0.6 is 23.8 Å². The molecular formula is C15H15ClN2S. The van der Waals surface area contributed by atoms with E-state index in [1.165, 1.54) is 11.1 Å². The summed E-state index contributed by atoms with van der Waals surface area (Å²) in [6.45, 7) is 4.13. The van der Waals surface area contributed by atoms with Gasteiger partial charge in [-0.25, -0.2) is 0 Å². The third-order valence-corrected chi connectivity index (χ3v) is 3.04. The van der Waals surface area contributed by atoms with Crippen LogP contribution in [0.1, 0.15) is 11.1 Å². The van der Waals surface area contributed by atoms with Gasteiger partial charge in [-0.15, -0.1) is 0 Å². The van der Waals surface area contributed by atoms with Crippen LogP contribution in [0.25, 0.3) is 0 Å². The molecular weight excluding hydrogens is 276 g/mol. The summed E-state index contributed by atoms with van der Waals surface area (Å²) in [6, 6.07) is 13.7. The maximum Gasteiger partial charge on any atom is 0.175 e. The first kappa shape index (κ1) is 13.8. The lowest BCUT2D eigenvalue weighted by Gasteiger charge is -2.11. The van der Waals surface area contributed by atoms with Crippen LogP contribution in [0.5, 0.6) is 0 Å². The second kappa shape index (κ2) is 6.04. The third kappa shape index (κ3) is 4.23. The monoisotopic (exact) mass is 290 g/mol. The molecule has 0 unspecified atom stereocenters. The molecule has 2 rings (SSSR count). The van der Waals surface area contributed by atoms with Crippen molar-refractivity contribution in [1.29, 1.82) is 0 Å². The lowest BCUT2D eigenvalue weighted by Crippen LogP contribution is -2.19. The van der Waals surface area contributed by atoms with Crippen molar-refractivity contribution in [3.8, 4) is 0 Å². The lowest BCUT2D eigenvalue weighted by molar-refractivity contribution is 1.38. The molecule has 19 heavy (non-hydrogen) atoms. The second-order valence-corrected chi connectivity index (χ2v) is 5.31. The molecule has 0 aliphatic carbocycles. The quantitative estimate of drug-likeness (QED) is 0.779.